The molecule has 0 saturated heterocycles. The molecule has 0 aromatic heterocycles. The highest BCUT2D eigenvalue weighted by atomic mass is 16.5. The number of hydrogen-bond donors (Lipinski definition) is 0. The molecule has 0 atom stereocenters. The highest BCUT2D eigenvalue weighted by Gasteiger charge is 2.05. The van der Waals surface area contributed by atoms with Crippen LogP contribution in [-0.2, 0) is 0 Å². The summed E-state index contributed by atoms with van der Waals surface area (Å²) in [5, 5.41) is 0. The van der Waals surface area contributed by atoms with Gasteiger partial charge in [0.05, 0.1) is 0 Å². The van der Waals surface area contributed by atoms with Gasteiger partial charge < -0.3 is 9.47 Å². The molecule has 0 heterocycles. The maximum absolute atomic E-state index is 5.59. The summed E-state index contributed by atoms with van der Waals surface area (Å²) in [5.41, 5.74) is 1.69. The van der Waals surface area contributed by atoms with Gasteiger partial charge in [-0.05, 0) is 39.8 Å². The summed E-state index contributed by atoms with van der Waals surface area (Å²) >= 11 is 0. The molecule has 0 saturated carbocycles. The van der Waals surface area contributed by atoms with E-state index in [0.29, 0.717) is 19.0 Å². The largest absolute Gasteiger partial charge is 0.481 e. The van der Waals surface area contributed by atoms with E-state index in [1.807, 2.05) is 32.0 Å². The van der Waals surface area contributed by atoms with Gasteiger partial charge in [0.15, 0.2) is 0 Å². The minimum Gasteiger partial charge on any atom is -0.481 e. The Hall–Kier alpha value is -2.39. The molecule has 20 heavy (non-hydrogen) atoms. The number of benzene rings is 1. The van der Waals surface area contributed by atoms with Crippen LogP contribution >= 0.6 is 0 Å². The van der Waals surface area contributed by atoms with Gasteiger partial charge in [-0.25, -0.2) is 0 Å². The molecule has 0 fully saturated rings. The predicted molar refractivity (Wildman–Crippen MR) is 82.8 cm³/mol. The molecule has 0 unspecified atom stereocenters. The Kier molecular flexibility index (Phi) is 6.79. The maximum Gasteiger partial charge on any atom is 0.149 e. The molecule has 3 heteroatoms. The lowest BCUT2D eigenvalue weighted by atomic mass is 10.2. The van der Waals surface area contributed by atoms with E-state index in [1.165, 1.54) is 0 Å². The Morgan fingerprint density at radius 2 is 1.70 bits per heavy atom. The second-order valence-corrected chi connectivity index (χ2v) is 4.12. The van der Waals surface area contributed by atoms with Crippen LogP contribution in [0.25, 0.3) is 0 Å². The van der Waals surface area contributed by atoms with Gasteiger partial charge in [-0.15, -0.1) is 11.8 Å². The molecule has 0 spiro atoms. The lowest BCUT2D eigenvalue weighted by Gasteiger charge is -2.09. The average Bonchev–Trinajstić information content (AvgIpc) is 2.41. The zero-order valence-electron chi connectivity index (χ0n) is 12.4. The summed E-state index contributed by atoms with van der Waals surface area (Å²) in [5.74, 6) is 12.7. The molecule has 3 nitrogen and oxygen atoms in total. The summed E-state index contributed by atoms with van der Waals surface area (Å²) in [6.07, 6.45) is 0. The normalized spacial score (nSPS) is 8.60. The van der Waals surface area contributed by atoms with Crippen molar-refractivity contribution in [3.63, 3.8) is 0 Å². The van der Waals surface area contributed by atoms with Crippen LogP contribution in [0, 0.1) is 23.7 Å². The van der Waals surface area contributed by atoms with E-state index in [2.05, 4.69) is 28.7 Å². The molecule has 1 aromatic carbocycles. The highest BCUT2D eigenvalue weighted by molar-refractivity contribution is 5.83. The smallest absolute Gasteiger partial charge is 0.149 e. The van der Waals surface area contributed by atoms with Crippen LogP contribution in [-0.4, -0.2) is 18.9 Å². The molecule has 1 aromatic rings. The average molecular weight is 269 g/mol. The van der Waals surface area contributed by atoms with Crippen molar-refractivity contribution in [2.24, 2.45) is 4.99 Å². The monoisotopic (exact) mass is 269 g/mol. The molecule has 104 valence electrons. The molecule has 0 radical (unpaired) electrons. The maximum atomic E-state index is 5.59. The van der Waals surface area contributed by atoms with Crippen LogP contribution < -0.4 is 9.47 Å². The van der Waals surface area contributed by atoms with Gasteiger partial charge in [0.2, 0.25) is 0 Å². The van der Waals surface area contributed by atoms with Gasteiger partial charge in [-0.1, -0.05) is 11.8 Å². The molecule has 1 rings (SSSR count). The second-order valence-electron chi connectivity index (χ2n) is 4.12. The first-order valence-electron chi connectivity index (χ1n) is 6.38. The van der Waals surface area contributed by atoms with Crippen molar-refractivity contribution in [2.75, 3.05) is 13.2 Å². The van der Waals surface area contributed by atoms with Gasteiger partial charge in [0.1, 0.15) is 30.4 Å². The van der Waals surface area contributed by atoms with Crippen molar-refractivity contribution in [2.45, 2.75) is 27.7 Å². The van der Waals surface area contributed by atoms with Crippen LogP contribution in [0.5, 0.6) is 11.5 Å². The van der Waals surface area contributed by atoms with Crippen molar-refractivity contribution in [1.29, 1.82) is 0 Å². The Morgan fingerprint density at radius 3 is 2.30 bits per heavy atom. The Balaban J connectivity index is 2.94. The fraction of sp³-hybridized carbons (Fsp3) is 0.353. The van der Waals surface area contributed by atoms with Gasteiger partial charge >= 0.3 is 0 Å². The van der Waals surface area contributed by atoms with E-state index in [9.17, 15) is 0 Å². The van der Waals surface area contributed by atoms with Crippen LogP contribution in [0.3, 0.4) is 0 Å². The third-order valence-electron chi connectivity index (χ3n) is 2.24. The van der Waals surface area contributed by atoms with E-state index in [0.717, 1.165) is 17.1 Å². The number of nitrogens with zero attached hydrogens (tertiary/aromatic N) is 1. The van der Waals surface area contributed by atoms with E-state index in [-0.39, 0.29) is 0 Å². The molecular weight excluding hydrogens is 250 g/mol. The summed E-state index contributed by atoms with van der Waals surface area (Å²) in [4.78, 5) is 4.45. The number of ether oxygens (including phenoxy) is 2. The van der Waals surface area contributed by atoms with Gasteiger partial charge in [-0.2, -0.15) is 0 Å². The van der Waals surface area contributed by atoms with Gasteiger partial charge in [0, 0.05) is 11.8 Å². The SMILES string of the molecule is CC#CCOc1ccc(OCC#CC)c(N=C(C)C)c1. The minimum absolute atomic E-state index is 0.350. The fourth-order valence-electron chi connectivity index (χ4n) is 1.41. The number of aliphatic imine (C=N–C) groups is 1. The van der Waals surface area contributed by atoms with E-state index in [1.54, 1.807) is 13.8 Å². The van der Waals surface area contributed by atoms with Crippen molar-refractivity contribution in [3.8, 4) is 35.2 Å². The third-order valence-corrected chi connectivity index (χ3v) is 2.24. The van der Waals surface area contributed by atoms with E-state index >= 15 is 0 Å². The van der Waals surface area contributed by atoms with Crippen LogP contribution in [0.15, 0.2) is 23.2 Å². The topological polar surface area (TPSA) is 30.8 Å². The number of hydrogen-bond acceptors (Lipinski definition) is 3. The first-order chi connectivity index (χ1) is 9.67. The molecule has 0 bridgehead atoms. The molecule has 0 amide bonds. The van der Waals surface area contributed by atoms with Crippen molar-refractivity contribution in [3.05, 3.63) is 18.2 Å². The van der Waals surface area contributed by atoms with Crippen molar-refractivity contribution in [1.82, 2.24) is 0 Å². The van der Waals surface area contributed by atoms with Crippen LogP contribution in [0.2, 0.25) is 0 Å². The Labute approximate surface area is 121 Å². The first-order valence-corrected chi connectivity index (χ1v) is 6.38. The standard InChI is InChI=1S/C17H19NO2/c1-5-7-11-19-15-9-10-17(20-12-8-6-2)16(13-15)18-14(3)4/h9-10,13H,11-12H2,1-4H3. The molecular formula is C17H19NO2. The quantitative estimate of drug-likeness (QED) is 0.604. The summed E-state index contributed by atoms with van der Waals surface area (Å²) in [6.45, 7) is 8.16. The van der Waals surface area contributed by atoms with Crippen LogP contribution in [0.1, 0.15) is 27.7 Å². The lowest BCUT2D eigenvalue weighted by Crippen LogP contribution is -1.97. The van der Waals surface area contributed by atoms with Gasteiger partial charge in [-0.3, -0.25) is 4.99 Å². The van der Waals surface area contributed by atoms with Gasteiger partial charge in [0.25, 0.3) is 0 Å². The molecule has 0 aliphatic carbocycles. The van der Waals surface area contributed by atoms with E-state index in [4.69, 9.17) is 9.47 Å². The first kappa shape index (κ1) is 15.7. The lowest BCUT2D eigenvalue weighted by molar-refractivity contribution is 0.361. The molecule has 0 aliphatic rings. The van der Waals surface area contributed by atoms with Crippen molar-refractivity contribution < 1.29 is 9.47 Å². The summed E-state index contributed by atoms with van der Waals surface area (Å²) in [6, 6.07) is 5.53. The second kappa shape index (κ2) is 8.67. The minimum atomic E-state index is 0.350. The summed E-state index contributed by atoms with van der Waals surface area (Å²) in [7, 11) is 0. The molecule has 0 N–H and O–H groups in total. The summed E-state index contributed by atoms with van der Waals surface area (Å²) < 4.78 is 11.1. The highest BCUT2D eigenvalue weighted by Crippen LogP contribution is 2.32. The van der Waals surface area contributed by atoms with Crippen LogP contribution in [0.4, 0.5) is 5.69 Å². The third kappa shape index (κ3) is 5.50. The zero-order chi connectivity index (χ0) is 14.8. The molecule has 0 aliphatic heterocycles. The predicted octanol–water partition coefficient (Wildman–Crippen LogP) is 3.60. The zero-order valence-corrected chi connectivity index (χ0v) is 12.4. The van der Waals surface area contributed by atoms with Crippen molar-refractivity contribution >= 4 is 11.4 Å². The Morgan fingerprint density at radius 1 is 1.05 bits per heavy atom. The Bertz CT molecular complexity index is 591. The number of rotatable bonds is 5. The van der Waals surface area contributed by atoms with E-state index < -0.39 is 0 Å². The fourth-order valence-corrected chi connectivity index (χ4v) is 1.41.